The Labute approximate surface area is 176 Å². The molecule has 0 aromatic heterocycles. The highest BCUT2D eigenvalue weighted by atomic mass is 79.9. The molecule has 3 aromatic rings. The van der Waals surface area contributed by atoms with Gasteiger partial charge in [0.25, 0.3) is 0 Å². The summed E-state index contributed by atoms with van der Waals surface area (Å²) in [7, 11) is 1.65. The van der Waals surface area contributed by atoms with Crippen molar-refractivity contribution >= 4 is 21.6 Å². The highest BCUT2D eigenvalue weighted by Gasteiger charge is 2.41. The molecule has 0 spiro atoms. The zero-order chi connectivity index (χ0) is 20.0. The van der Waals surface area contributed by atoms with Crippen molar-refractivity contribution in [3.05, 3.63) is 93.7 Å². The van der Waals surface area contributed by atoms with Crippen LogP contribution in [0.25, 0.3) is 0 Å². The molecule has 146 valence electrons. The van der Waals surface area contributed by atoms with Gasteiger partial charge < -0.3 is 9.47 Å². The van der Waals surface area contributed by atoms with E-state index in [1.54, 1.807) is 19.2 Å². The fourth-order valence-electron chi connectivity index (χ4n) is 3.92. The Balaban J connectivity index is 1.62. The summed E-state index contributed by atoms with van der Waals surface area (Å²) in [6, 6.07) is 20.4. The van der Waals surface area contributed by atoms with Crippen molar-refractivity contribution in [1.82, 2.24) is 5.01 Å². The van der Waals surface area contributed by atoms with Gasteiger partial charge in [0.15, 0.2) is 0 Å². The molecule has 2 heterocycles. The van der Waals surface area contributed by atoms with Crippen LogP contribution in [0, 0.1) is 5.82 Å². The van der Waals surface area contributed by atoms with Crippen LogP contribution in [0.1, 0.15) is 35.4 Å². The largest absolute Gasteiger partial charge is 0.497 e. The molecule has 5 rings (SSSR count). The van der Waals surface area contributed by atoms with Crippen LogP contribution in [0.15, 0.2) is 76.3 Å². The number of hydrazone groups is 1. The Bertz CT molecular complexity index is 1120. The standard InChI is InChI=1S/C23H18BrFN2O2/c1-28-16-6-4-5-14(11-16)20-13-21-18-12-15(24)9-10-22(18)29-23(27(21)26-20)17-7-2-3-8-19(17)25/h2-12,21,23H,13H2,1H3/t21-,23+/m1/s1. The molecule has 3 aromatic carbocycles. The minimum absolute atomic E-state index is 0.0398. The summed E-state index contributed by atoms with van der Waals surface area (Å²) < 4.78 is 27.2. The third-order valence-electron chi connectivity index (χ3n) is 5.33. The van der Waals surface area contributed by atoms with Crippen molar-refractivity contribution in [3.8, 4) is 11.5 Å². The van der Waals surface area contributed by atoms with E-state index in [4.69, 9.17) is 14.6 Å². The maximum atomic E-state index is 14.6. The highest BCUT2D eigenvalue weighted by molar-refractivity contribution is 9.10. The van der Waals surface area contributed by atoms with Crippen LogP contribution < -0.4 is 9.47 Å². The van der Waals surface area contributed by atoms with Gasteiger partial charge in [-0.2, -0.15) is 5.10 Å². The minimum Gasteiger partial charge on any atom is -0.497 e. The lowest BCUT2D eigenvalue weighted by Crippen LogP contribution is -2.34. The molecule has 4 nitrogen and oxygen atoms in total. The zero-order valence-corrected chi connectivity index (χ0v) is 17.3. The Morgan fingerprint density at radius 3 is 2.76 bits per heavy atom. The molecular formula is C23H18BrFN2O2. The summed E-state index contributed by atoms with van der Waals surface area (Å²) >= 11 is 3.55. The smallest absolute Gasteiger partial charge is 0.216 e. The average Bonchev–Trinajstić information content (AvgIpc) is 3.20. The molecule has 2 aliphatic heterocycles. The number of halogens is 2. The van der Waals surface area contributed by atoms with E-state index in [0.29, 0.717) is 12.0 Å². The molecule has 0 saturated heterocycles. The van der Waals surface area contributed by atoms with E-state index in [-0.39, 0.29) is 11.9 Å². The molecule has 0 bridgehead atoms. The fourth-order valence-corrected chi connectivity index (χ4v) is 4.29. The number of methoxy groups -OCH3 is 1. The summed E-state index contributed by atoms with van der Waals surface area (Å²) in [5, 5.41) is 6.75. The lowest BCUT2D eigenvalue weighted by atomic mass is 9.96. The van der Waals surface area contributed by atoms with Gasteiger partial charge in [0.05, 0.1) is 24.4 Å². The van der Waals surface area contributed by atoms with Gasteiger partial charge in [-0.3, -0.25) is 0 Å². The molecule has 0 saturated carbocycles. The predicted octanol–water partition coefficient (Wildman–Crippen LogP) is 5.84. The lowest BCUT2D eigenvalue weighted by molar-refractivity contribution is -0.0212. The average molecular weight is 453 g/mol. The van der Waals surface area contributed by atoms with E-state index in [0.717, 1.165) is 32.8 Å². The van der Waals surface area contributed by atoms with Gasteiger partial charge in [-0.25, -0.2) is 9.40 Å². The monoisotopic (exact) mass is 452 g/mol. The Morgan fingerprint density at radius 1 is 1.07 bits per heavy atom. The second kappa shape index (κ2) is 7.19. The zero-order valence-electron chi connectivity index (χ0n) is 15.7. The molecule has 0 unspecified atom stereocenters. The maximum absolute atomic E-state index is 14.6. The molecule has 2 aliphatic rings. The van der Waals surface area contributed by atoms with Crippen molar-refractivity contribution in [2.45, 2.75) is 18.7 Å². The first-order chi connectivity index (χ1) is 14.1. The van der Waals surface area contributed by atoms with Gasteiger partial charge in [0, 0.05) is 22.0 Å². The number of rotatable bonds is 3. The van der Waals surface area contributed by atoms with E-state index in [1.807, 2.05) is 47.5 Å². The Kier molecular flexibility index (Phi) is 4.51. The normalized spacial score (nSPS) is 19.8. The van der Waals surface area contributed by atoms with E-state index >= 15 is 0 Å². The van der Waals surface area contributed by atoms with Crippen molar-refractivity contribution in [1.29, 1.82) is 0 Å². The van der Waals surface area contributed by atoms with Crippen LogP contribution in [0.4, 0.5) is 4.39 Å². The number of ether oxygens (including phenoxy) is 2. The van der Waals surface area contributed by atoms with Crippen molar-refractivity contribution in [2.75, 3.05) is 7.11 Å². The molecule has 0 fully saturated rings. The van der Waals surface area contributed by atoms with Gasteiger partial charge in [-0.1, -0.05) is 46.3 Å². The summed E-state index contributed by atoms with van der Waals surface area (Å²) in [5.74, 6) is 1.23. The molecule has 2 atom stereocenters. The van der Waals surface area contributed by atoms with E-state index in [1.165, 1.54) is 6.07 Å². The van der Waals surface area contributed by atoms with Crippen molar-refractivity contribution < 1.29 is 13.9 Å². The molecule has 0 N–H and O–H groups in total. The number of benzene rings is 3. The summed E-state index contributed by atoms with van der Waals surface area (Å²) in [6.07, 6.45) is 0.0725. The van der Waals surface area contributed by atoms with Crippen LogP contribution in [-0.4, -0.2) is 17.8 Å². The van der Waals surface area contributed by atoms with Gasteiger partial charge in [0.2, 0.25) is 6.23 Å². The van der Waals surface area contributed by atoms with Crippen molar-refractivity contribution in [3.63, 3.8) is 0 Å². The van der Waals surface area contributed by atoms with Crippen LogP contribution in [0.5, 0.6) is 11.5 Å². The maximum Gasteiger partial charge on any atom is 0.216 e. The predicted molar refractivity (Wildman–Crippen MR) is 113 cm³/mol. The Hall–Kier alpha value is -2.86. The van der Waals surface area contributed by atoms with Crippen LogP contribution in [0.2, 0.25) is 0 Å². The van der Waals surface area contributed by atoms with E-state index in [2.05, 4.69) is 22.0 Å². The van der Waals surface area contributed by atoms with Crippen LogP contribution in [-0.2, 0) is 0 Å². The number of nitrogens with zero attached hydrogens (tertiary/aromatic N) is 2. The third-order valence-corrected chi connectivity index (χ3v) is 5.82. The fraction of sp³-hybridized carbons (Fsp3) is 0.174. The lowest BCUT2D eigenvalue weighted by Gasteiger charge is -2.38. The van der Waals surface area contributed by atoms with E-state index in [9.17, 15) is 4.39 Å². The van der Waals surface area contributed by atoms with Gasteiger partial charge >= 0.3 is 0 Å². The minimum atomic E-state index is -0.627. The number of hydrogen-bond acceptors (Lipinski definition) is 4. The summed E-state index contributed by atoms with van der Waals surface area (Å²) in [4.78, 5) is 0. The van der Waals surface area contributed by atoms with Crippen molar-refractivity contribution in [2.24, 2.45) is 5.10 Å². The topological polar surface area (TPSA) is 34.1 Å². The molecule has 0 amide bonds. The molecular weight excluding hydrogens is 435 g/mol. The van der Waals surface area contributed by atoms with E-state index < -0.39 is 6.23 Å². The summed E-state index contributed by atoms with van der Waals surface area (Å²) in [6.45, 7) is 0. The first kappa shape index (κ1) is 18.2. The molecule has 0 aliphatic carbocycles. The van der Waals surface area contributed by atoms with Crippen LogP contribution >= 0.6 is 15.9 Å². The second-order valence-corrected chi connectivity index (χ2v) is 7.97. The quantitative estimate of drug-likeness (QED) is 0.500. The van der Waals surface area contributed by atoms with Gasteiger partial charge in [-0.05, 0) is 36.4 Å². The molecule has 0 radical (unpaired) electrons. The SMILES string of the molecule is COc1cccc(C2=NN3[C@H](C2)c2cc(Br)ccc2O[C@H]3c2ccccc2F)c1. The number of fused-ring (bicyclic) bond motifs is 3. The van der Waals surface area contributed by atoms with Gasteiger partial charge in [-0.15, -0.1) is 0 Å². The molecule has 6 heteroatoms. The van der Waals surface area contributed by atoms with Crippen LogP contribution in [0.3, 0.4) is 0 Å². The second-order valence-electron chi connectivity index (χ2n) is 7.05. The third kappa shape index (κ3) is 3.17. The van der Waals surface area contributed by atoms with Gasteiger partial charge in [0.1, 0.15) is 17.3 Å². The molecule has 29 heavy (non-hydrogen) atoms. The Morgan fingerprint density at radius 2 is 1.93 bits per heavy atom. The highest BCUT2D eigenvalue weighted by Crippen LogP contribution is 2.48. The first-order valence-corrected chi connectivity index (χ1v) is 10.1. The number of hydrogen-bond donors (Lipinski definition) is 0. The first-order valence-electron chi connectivity index (χ1n) is 9.35. The summed E-state index contributed by atoms with van der Waals surface area (Å²) in [5.41, 5.74) is 3.42.